The molecule has 0 heterocycles. The van der Waals surface area contributed by atoms with Gasteiger partial charge in [-0.1, -0.05) is 91.5 Å². The Labute approximate surface area is 295 Å². The summed E-state index contributed by atoms with van der Waals surface area (Å²) in [5.74, 6) is 1.32. The van der Waals surface area contributed by atoms with Crippen LogP contribution in [0.2, 0.25) is 0 Å². The van der Waals surface area contributed by atoms with Gasteiger partial charge in [0.2, 0.25) is 0 Å². The van der Waals surface area contributed by atoms with Gasteiger partial charge in [0.1, 0.15) is 24.7 Å². The topological polar surface area (TPSA) is 89.5 Å². The number of carbonyl (C=O) groups is 2. The van der Waals surface area contributed by atoms with Crippen molar-refractivity contribution in [3.05, 3.63) is 60.2 Å². The molecule has 0 aliphatic rings. The molecule has 0 aliphatic carbocycles. The number of esters is 2. The zero-order valence-electron chi connectivity index (χ0n) is 31.3. The van der Waals surface area contributed by atoms with E-state index >= 15 is 0 Å². The first-order chi connectivity index (χ1) is 23.5. The molecule has 4 unspecified atom stereocenters. The van der Waals surface area contributed by atoms with Gasteiger partial charge in [0.05, 0.1) is 13.2 Å². The van der Waals surface area contributed by atoms with Gasteiger partial charge in [-0.3, -0.25) is 0 Å². The lowest BCUT2D eigenvalue weighted by Crippen LogP contribution is -2.31. The standard InChI is InChI=1S/C41H62O8/c1-10-14-16-32(12-3)23-44-25-36(48-40(42)29(5)6)27-46-35-20-18-34-19-21-39(31(9)38(34)22-35)47-28-37(49-41(43)30(7)8)26-45-24-33(13-4)17-15-11-2/h18-22,32-33,36-37H,5,7,10-17,23-28H2,1-4,6,8-9H3. The number of carbonyl (C=O) groups excluding carboxylic acids is 2. The molecule has 0 fully saturated rings. The monoisotopic (exact) mass is 682 g/mol. The zero-order chi connectivity index (χ0) is 36.2. The van der Waals surface area contributed by atoms with Gasteiger partial charge >= 0.3 is 11.9 Å². The van der Waals surface area contributed by atoms with E-state index in [2.05, 4.69) is 40.9 Å². The SMILES string of the molecule is C=C(C)C(=O)OC(COCC(CC)CCCC)COc1ccc2ccc(OCC(COCC(CC)CCCC)OC(=O)C(=C)C)c(C)c2c1. The minimum Gasteiger partial charge on any atom is -0.490 e. The Kier molecular flexibility index (Phi) is 19.7. The van der Waals surface area contributed by atoms with Crippen LogP contribution in [0.3, 0.4) is 0 Å². The first-order valence-corrected chi connectivity index (χ1v) is 18.2. The van der Waals surface area contributed by atoms with E-state index in [-0.39, 0.29) is 26.4 Å². The summed E-state index contributed by atoms with van der Waals surface area (Å²) in [6.45, 7) is 23.4. The average molecular weight is 683 g/mol. The van der Waals surface area contributed by atoms with Crippen molar-refractivity contribution in [1.82, 2.24) is 0 Å². The molecule has 2 rings (SSSR count). The zero-order valence-corrected chi connectivity index (χ0v) is 31.3. The van der Waals surface area contributed by atoms with E-state index in [9.17, 15) is 9.59 Å². The molecule has 49 heavy (non-hydrogen) atoms. The molecule has 0 aromatic heterocycles. The Morgan fingerprint density at radius 3 is 1.63 bits per heavy atom. The summed E-state index contributed by atoms with van der Waals surface area (Å²) in [4.78, 5) is 24.8. The van der Waals surface area contributed by atoms with Gasteiger partial charge in [-0.2, -0.15) is 0 Å². The number of benzene rings is 2. The second-order valence-electron chi connectivity index (χ2n) is 13.2. The number of ether oxygens (including phenoxy) is 6. The van der Waals surface area contributed by atoms with Crippen LogP contribution in [0.25, 0.3) is 10.8 Å². The minimum absolute atomic E-state index is 0.138. The molecule has 0 saturated heterocycles. The van der Waals surface area contributed by atoms with E-state index in [0.29, 0.717) is 47.7 Å². The number of aryl methyl sites for hydroxylation is 1. The molecular weight excluding hydrogens is 620 g/mol. The summed E-state index contributed by atoms with van der Waals surface area (Å²) in [5, 5.41) is 1.98. The lowest BCUT2D eigenvalue weighted by atomic mass is 10.0. The highest BCUT2D eigenvalue weighted by Crippen LogP contribution is 2.31. The van der Waals surface area contributed by atoms with Crippen molar-refractivity contribution >= 4 is 22.7 Å². The third-order valence-electron chi connectivity index (χ3n) is 8.72. The van der Waals surface area contributed by atoms with E-state index in [1.54, 1.807) is 13.8 Å². The van der Waals surface area contributed by atoms with Crippen LogP contribution in [-0.4, -0.2) is 63.8 Å². The highest BCUT2D eigenvalue weighted by atomic mass is 16.6. The van der Waals surface area contributed by atoms with Gasteiger partial charge < -0.3 is 28.4 Å². The van der Waals surface area contributed by atoms with Gasteiger partial charge in [-0.25, -0.2) is 9.59 Å². The molecule has 0 bridgehead atoms. The van der Waals surface area contributed by atoms with Crippen molar-refractivity contribution in [2.45, 2.75) is 112 Å². The van der Waals surface area contributed by atoms with Gasteiger partial charge in [0.25, 0.3) is 0 Å². The maximum Gasteiger partial charge on any atom is 0.333 e. The molecule has 2 aromatic rings. The fraction of sp³-hybridized carbons (Fsp3) is 0.610. The molecule has 274 valence electrons. The number of rotatable bonds is 26. The van der Waals surface area contributed by atoms with Crippen LogP contribution in [0.1, 0.15) is 98.5 Å². The predicted octanol–water partition coefficient (Wildman–Crippen LogP) is 9.35. The Morgan fingerprint density at radius 2 is 1.16 bits per heavy atom. The van der Waals surface area contributed by atoms with E-state index in [4.69, 9.17) is 28.4 Å². The summed E-state index contributed by atoms with van der Waals surface area (Å²) in [7, 11) is 0. The molecule has 0 N–H and O–H groups in total. The first-order valence-electron chi connectivity index (χ1n) is 18.2. The van der Waals surface area contributed by atoms with Crippen molar-refractivity contribution < 1.29 is 38.0 Å². The van der Waals surface area contributed by atoms with E-state index in [1.165, 1.54) is 12.8 Å². The summed E-state index contributed by atoms with van der Waals surface area (Å²) >= 11 is 0. The molecular formula is C41H62O8. The lowest BCUT2D eigenvalue weighted by Gasteiger charge is -2.22. The second-order valence-corrected chi connectivity index (χ2v) is 13.2. The Morgan fingerprint density at radius 1 is 0.673 bits per heavy atom. The quantitative estimate of drug-likeness (QED) is 0.0717. The molecule has 0 saturated carbocycles. The summed E-state index contributed by atoms with van der Waals surface area (Å²) < 4.78 is 35.8. The number of hydrogen-bond acceptors (Lipinski definition) is 8. The maximum absolute atomic E-state index is 12.4. The third-order valence-corrected chi connectivity index (χ3v) is 8.72. The number of fused-ring (bicyclic) bond motifs is 1. The smallest absolute Gasteiger partial charge is 0.333 e. The fourth-order valence-electron chi connectivity index (χ4n) is 5.31. The van der Waals surface area contributed by atoms with Gasteiger partial charge in [0, 0.05) is 24.4 Å². The average Bonchev–Trinajstić information content (AvgIpc) is 3.09. The third kappa shape index (κ3) is 15.4. The van der Waals surface area contributed by atoms with E-state index in [0.717, 1.165) is 54.9 Å². The van der Waals surface area contributed by atoms with Crippen LogP contribution in [0.5, 0.6) is 11.5 Å². The lowest BCUT2D eigenvalue weighted by molar-refractivity contribution is -0.150. The number of unbranched alkanes of at least 4 members (excludes halogenated alkanes) is 2. The molecule has 0 aliphatic heterocycles. The maximum atomic E-state index is 12.4. The van der Waals surface area contributed by atoms with Crippen LogP contribution in [-0.2, 0) is 28.5 Å². The van der Waals surface area contributed by atoms with Crippen LogP contribution >= 0.6 is 0 Å². The second kappa shape index (κ2) is 23.1. The van der Waals surface area contributed by atoms with E-state index < -0.39 is 24.1 Å². The van der Waals surface area contributed by atoms with Gasteiger partial charge in [-0.05, 0) is 80.0 Å². The van der Waals surface area contributed by atoms with E-state index in [1.807, 2.05) is 37.3 Å². The largest absolute Gasteiger partial charge is 0.490 e. The van der Waals surface area contributed by atoms with Crippen molar-refractivity contribution in [3.63, 3.8) is 0 Å². The number of hydrogen-bond donors (Lipinski definition) is 0. The molecule has 0 spiro atoms. The van der Waals surface area contributed by atoms with Crippen molar-refractivity contribution in [3.8, 4) is 11.5 Å². The summed E-state index contributed by atoms with van der Waals surface area (Å²) in [6, 6.07) is 9.74. The van der Waals surface area contributed by atoms with Crippen LogP contribution in [0, 0.1) is 18.8 Å². The van der Waals surface area contributed by atoms with Gasteiger partial charge in [0.15, 0.2) is 12.2 Å². The summed E-state index contributed by atoms with van der Waals surface area (Å²) in [6.07, 6.45) is 7.80. The minimum atomic E-state index is -0.585. The molecule has 8 heteroatoms. The van der Waals surface area contributed by atoms with Gasteiger partial charge in [-0.15, -0.1) is 0 Å². The fourth-order valence-corrected chi connectivity index (χ4v) is 5.31. The summed E-state index contributed by atoms with van der Waals surface area (Å²) in [5.41, 5.74) is 1.58. The Balaban J connectivity index is 2.12. The van der Waals surface area contributed by atoms with Crippen LogP contribution in [0.15, 0.2) is 54.6 Å². The molecule has 0 amide bonds. The predicted molar refractivity (Wildman–Crippen MR) is 197 cm³/mol. The first kappa shape index (κ1) is 41.8. The van der Waals surface area contributed by atoms with Crippen molar-refractivity contribution in [1.29, 1.82) is 0 Å². The normalized spacial score (nSPS) is 13.7. The molecule has 8 nitrogen and oxygen atoms in total. The highest BCUT2D eigenvalue weighted by molar-refractivity contribution is 5.89. The van der Waals surface area contributed by atoms with Crippen molar-refractivity contribution in [2.24, 2.45) is 11.8 Å². The molecule has 0 radical (unpaired) electrons. The highest BCUT2D eigenvalue weighted by Gasteiger charge is 2.20. The van der Waals surface area contributed by atoms with Crippen molar-refractivity contribution in [2.75, 3.05) is 39.6 Å². The van der Waals surface area contributed by atoms with Crippen LogP contribution in [0.4, 0.5) is 0 Å². The van der Waals surface area contributed by atoms with Crippen LogP contribution < -0.4 is 9.47 Å². The Bertz CT molecular complexity index is 1310. The molecule has 2 aromatic carbocycles. The molecule has 4 atom stereocenters. The Hall–Kier alpha value is -3.36.